The van der Waals surface area contributed by atoms with Crippen molar-refractivity contribution in [1.29, 1.82) is 0 Å². The van der Waals surface area contributed by atoms with E-state index in [0.717, 1.165) is 24.0 Å². The molecule has 25 heavy (non-hydrogen) atoms. The molecule has 1 aromatic heterocycles. The van der Waals surface area contributed by atoms with Crippen LogP contribution < -0.4 is 5.32 Å². The van der Waals surface area contributed by atoms with Crippen LogP contribution in [0, 0.1) is 5.92 Å². The molecule has 1 amide bonds. The Kier molecular flexibility index (Phi) is 6.02. The third-order valence-corrected chi connectivity index (χ3v) is 5.37. The van der Waals surface area contributed by atoms with Crippen molar-refractivity contribution in [3.8, 4) is 0 Å². The summed E-state index contributed by atoms with van der Waals surface area (Å²) in [5, 5.41) is 18.2. The first-order valence-electron chi connectivity index (χ1n) is 8.52. The van der Waals surface area contributed by atoms with Crippen molar-refractivity contribution in [2.45, 2.75) is 18.4 Å². The minimum atomic E-state index is -1.09. The standard InChI is InChI=1S/C20H23NO3S/c22-19(7-6-16-10-13-25-14-16)21-15-20(23,17-4-2-1-3-5-17)18-8-11-24-12-9-18/h1-7,10,13-14,18,23H,8-9,11-12,15H2,(H,21,22)/b7-6+/t20-/m1/s1. The van der Waals surface area contributed by atoms with Crippen molar-refractivity contribution < 1.29 is 14.6 Å². The van der Waals surface area contributed by atoms with Crippen molar-refractivity contribution in [3.63, 3.8) is 0 Å². The van der Waals surface area contributed by atoms with Crippen LogP contribution in [0.25, 0.3) is 6.08 Å². The third-order valence-electron chi connectivity index (χ3n) is 4.67. The summed E-state index contributed by atoms with van der Waals surface area (Å²) in [5.41, 5.74) is 0.753. The number of ether oxygens (including phenoxy) is 1. The first-order chi connectivity index (χ1) is 12.2. The van der Waals surface area contributed by atoms with Gasteiger partial charge in [-0.3, -0.25) is 4.79 Å². The van der Waals surface area contributed by atoms with Crippen LogP contribution in [0.4, 0.5) is 0 Å². The van der Waals surface area contributed by atoms with Crippen LogP contribution in [-0.2, 0) is 15.1 Å². The summed E-state index contributed by atoms with van der Waals surface area (Å²) in [6, 6.07) is 11.5. The molecule has 0 radical (unpaired) electrons. The van der Waals surface area contributed by atoms with Crippen LogP contribution >= 0.6 is 11.3 Å². The number of carbonyl (C=O) groups is 1. The highest BCUT2D eigenvalue weighted by Crippen LogP contribution is 2.35. The predicted molar refractivity (Wildman–Crippen MR) is 100 cm³/mol. The van der Waals surface area contributed by atoms with E-state index in [4.69, 9.17) is 4.74 Å². The second-order valence-corrected chi connectivity index (χ2v) is 7.06. The second kappa shape index (κ2) is 8.43. The molecule has 2 N–H and O–H groups in total. The maximum atomic E-state index is 12.2. The quantitative estimate of drug-likeness (QED) is 0.781. The van der Waals surface area contributed by atoms with Crippen LogP contribution in [0.3, 0.4) is 0 Å². The highest BCUT2D eigenvalue weighted by molar-refractivity contribution is 7.08. The molecule has 0 saturated carbocycles. The fraction of sp³-hybridized carbons (Fsp3) is 0.350. The van der Waals surface area contributed by atoms with Crippen LogP contribution in [-0.4, -0.2) is 30.8 Å². The molecule has 0 aliphatic carbocycles. The Bertz CT molecular complexity index is 693. The van der Waals surface area contributed by atoms with E-state index in [2.05, 4.69) is 5.32 Å². The molecule has 1 aliphatic heterocycles. The molecule has 4 nitrogen and oxygen atoms in total. The van der Waals surface area contributed by atoms with Gasteiger partial charge >= 0.3 is 0 Å². The number of rotatable bonds is 6. The fourth-order valence-corrected chi connectivity index (χ4v) is 3.84. The molecule has 1 atom stereocenters. The topological polar surface area (TPSA) is 58.6 Å². The zero-order valence-corrected chi connectivity index (χ0v) is 14.9. The minimum absolute atomic E-state index is 0.0600. The van der Waals surface area contributed by atoms with E-state index in [1.54, 1.807) is 17.4 Å². The minimum Gasteiger partial charge on any atom is -0.383 e. The SMILES string of the molecule is O=C(/C=C/c1ccsc1)NC[C@@](O)(c1ccccc1)C1CCOCC1. The van der Waals surface area contributed by atoms with Gasteiger partial charge in [0.15, 0.2) is 0 Å². The van der Waals surface area contributed by atoms with Gasteiger partial charge in [0.1, 0.15) is 5.60 Å². The van der Waals surface area contributed by atoms with Crippen molar-refractivity contribution in [2.75, 3.05) is 19.8 Å². The summed E-state index contributed by atoms with van der Waals surface area (Å²) in [4.78, 5) is 12.2. The van der Waals surface area contributed by atoms with E-state index in [9.17, 15) is 9.90 Å². The molecule has 0 unspecified atom stereocenters. The molecule has 1 aromatic carbocycles. The monoisotopic (exact) mass is 357 g/mol. The second-order valence-electron chi connectivity index (χ2n) is 6.28. The van der Waals surface area contributed by atoms with E-state index >= 15 is 0 Å². The molecular formula is C20H23NO3S. The molecule has 1 saturated heterocycles. The number of amides is 1. The highest BCUT2D eigenvalue weighted by atomic mass is 32.1. The van der Waals surface area contributed by atoms with Gasteiger partial charge in [0.2, 0.25) is 5.91 Å². The number of carbonyl (C=O) groups excluding carboxylic acids is 1. The number of thiophene rings is 1. The largest absolute Gasteiger partial charge is 0.383 e. The van der Waals surface area contributed by atoms with Crippen LogP contribution in [0.5, 0.6) is 0 Å². The number of benzene rings is 1. The van der Waals surface area contributed by atoms with Gasteiger partial charge in [-0.2, -0.15) is 11.3 Å². The van der Waals surface area contributed by atoms with Gasteiger partial charge in [-0.05, 0) is 52.8 Å². The predicted octanol–water partition coefficient (Wildman–Crippen LogP) is 3.19. The lowest BCUT2D eigenvalue weighted by molar-refractivity contribution is -0.119. The van der Waals surface area contributed by atoms with Gasteiger partial charge in [-0.1, -0.05) is 30.3 Å². The summed E-state index contributed by atoms with van der Waals surface area (Å²) < 4.78 is 5.43. The van der Waals surface area contributed by atoms with Gasteiger partial charge in [0.05, 0.1) is 6.54 Å². The molecule has 1 aliphatic rings. The maximum absolute atomic E-state index is 12.2. The third kappa shape index (κ3) is 4.57. The van der Waals surface area contributed by atoms with Crippen LogP contribution in [0.1, 0.15) is 24.0 Å². The average Bonchev–Trinajstić information content (AvgIpc) is 3.19. The first kappa shape index (κ1) is 17.9. The van der Waals surface area contributed by atoms with E-state index in [1.165, 1.54) is 6.08 Å². The van der Waals surface area contributed by atoms with Gasteiger partial charge < -0.3 is 15.2 Å². The van der Waals surface area contributed by atoms with Gasteiger partial charge in [-0.15, -0.1) is 0 Å². The smallest absolute Gasteiger partial charge is 0.244 e. The molecule has 132 valence electrons. The maximum Gasteiger partial charge on any atom is 0.244 e. The highest BCUT2D eigenvalue weighted by Gasteiger charge is 2.39. The van der Waals surface area contributed by atoms with E-state index < -0.39 is 5.60 Å². The normalized spacial score (nSPS) is 18.1. The molecule has 0 spiro atoms. The van der Waals surface area contributed by atoms with Gasteiger partial charge in [0.25, 0.3) is 0 Å². The van der Waals surface area contributed by atoms with Crippen molar-refractivity contribution >= 4 is 23.3 Å². The Labute approximate surface area is 152 Å². The molecule has 1 fully saturated rings. The van der Waals surface area contributed by atoms with Crippen molar-refractivity contribution in [2.24, 2.45) is 5.92 Å². The molecule has 2 heterocycles. The van der Waals surface area contributed by atoms with E-state index in [-0.39, 0.29) is 18.4 Å². The summed E-state index contributed by atoms with van der Waals surface area (Å²) in [7, 11) is 0. The van der Waals surface area contributed by atoms with Crippen molar-refractivity contribution in [1.82, 2.24) is 5.32 Å². The molecule has 3 rings (SSSR count). The molecular weight excluding hydrogens is 334 g/mol. The summed E-state index contributed by atoms with van der Waals surface area (Å²) in [6.07, 6.45) is 4.86. The lowest BCUT2D eigenvalue weighted by atomic mass is 9.77. The Balaban J connectivity index is 1.70. The Morgan fingerprint density at radius 2 is 2.04 bits per heavy atom. The molecule has 2 aromatic rings. The summed E-state index contributed by atoms with van der Waals surface area (Å²) in [5.74, 6) is -0.141. The zero-order chi connectivity index (χ0) is 17.5. The van der Waals surface area contributed by atoms with E-state index in [0.29, 0.717) is 13.2 Å². The average molecular weight is 357 g/mol. The summed E-state index contributed by atoms with van der Waals surface area (Å²) in [6.45, 7) is 1.48. The number of hydrogen-bond donors (Lipinski definition) is 2. The van der Waals surface area contributed by atoms with Crippen LogP contribution in [0.15, 0.2) is 53.2 Å². The van der Waals surface area contributed by atoms with E-state index in [1.807, 2.05) is 47.2 Å². The Hall–Kier alpha value is -1.95. The Morgan fingerprint density at radius 1 is 1.28 bits per heavy atom. The van der Waals surface area contributed by atoms with Gasteiger partial charge in [0, 0.05) is 19.3 Å². The number of hydrogen-bond acceptors (Lipinski definition) is 4. The lowest BCUT2D eigenvalue weighted by Crippen LogP contribution is -2.47. The molecule has 0 bridgehead atoms. The lowest BCUT2D eigenvalue weighted by Gasteiger charge is -2.39. The number of aliphatic hydroxyl groups is 1. The van der Waals surface area contributed by atoms with Crippen molar-refractivity contribution in [3.05, 3.63) is 64.4 Å². The molecule has 5 heteroatoms. The van der Waals surface area contributed by atoms with Crippen LogP contribution in [0.2, 0.25) is 0 Å². The Morgan fingerprint density at radius 3 is 2.72 bits per heavy atom. The van der Waals surface area contributed by atoms with Gasteiger partial charge in [-0.25, -0.2) is 0 Å². The number of nitrogens with one attached hydrogen (secondary N) is 1. The first-order valence-corrected chi connectivity index (χ1v) is 9.46. The summed E-state index contributed by atoms with van der Waals surface area (Å²) >= 11 is 1.59. The zero-order valence-electron chi connectivity index (χ0n) is 14.1. The fourth-order valence-electron chi connectivity index (χ4n) is 3.21.